The molecule has 0 aliphatic heterocycles. The maximum Gasteiger partial charge on any atom is 0.240 e. The van der Waals surface area contributed by atoms with Gasteiger partial charge < -0.3 is 4.74 Å². The molecule has 0 saturated carbocycles. The highest BCUT2D eigenvalue weighted by Crippen LogP contribution is 2.27. The fourth-order valence-electron chi connectivity index (χ4n) is 2.07. The van der Waals surface area contributed by atoms with Crippen molar-refractivity contribution in [1.29, 1.82) is 0 Å². The highest BCUT2D eigenvalue weighted by atomic mass is 35.5. The lowest BCUT2D eigenvalue weighted by molar-refractivity contribution is 0.414. The van der Waals surface area contributed by atoms with E-state index in [1.807, 2.05) is 0 Å². The van der Waals surface area contributed by atoms with Crippen LogP contribution >= 0.6 is 11.6 Å². The Morgan fingerprint density at radius 3 is 2.57 bits per heavy atom. The zero-order valence-electron chi connectivity index (χ0n) is 12.9. The van der Waals surface area contributed by atoms with E-state index in [2.05, 4.69) is 18.6 Å². The summed E-state index contributed by atoms with van der Waals surface area (Å²) in [7, 11) is -2.03. The van der Waals surface area contributed by atoms with Gasteiger partial charge in [0.05, 0.1) is 17.0 Å². The molecule has 0 radical (unpaired) electrons. The van der Waals surface area contributed by atoms with Crippen molar-refractivity contribution in [2.45, 2.75) is 44.4 Å². The molecule has 1 N–H and O–H groups in total. The Balaban J connectivity index is 2.74. The minimum absolute atomic E-state index is 0.165. The molecule has 0 aromatic heterocycles. The van der Waals surface area contributed by atoms with Crippen LogP contribution in [0.25, 0.3) is 0 Å². The molecule has 0 aliphatic carbocycles. The quantitative estimate of drug-likeness (QED) is 0.747. The van der Waals surface area contributed by atoms with Crippen LogP contribution in [0, 0.1) is 5.92 Å². The molecule has 0 fully saturated rings. The second kappa shape index (κ2) is 8.61. The number of nitrogens with one attached hydrogen (secondary N) is 1. The van der Waals surface area contributed by atoms with E-state index < -0.39 is 10.0 Å². The third-order valence-electron chi connectivity index (χ3n) is 3.54. The van der Waals surface area contributed by atoms with Crippen molar-refractivity contribution in [2.75, 3.05) is 13.7 Å². The monoisotopic (exact) mass is 333 g/mol. The molecular formula is C15H24ClNO3S. The summed E-state index contributed by atoms with van der Waals surface area (Å²) in [6, 6.07) is 4.47. The molecule has 1 aromatic rings. The van der Waals surface area contributed by atoms with E-state index >= 15 is 0 Å². The first-order valence-electron chi connectivity index (χ1n) is 7.27. The number of hydrogen-bond donors (Lipinski definition) is 1. The Morgan fingerprint density at radius 2 is 2.05 bits per heavy atom. The number of rotatable bonds is 9. The molecule has 0 aliphatic rings. The second-order valence-corrected chi connectivity index (χ2v) is 7.24. The average Bonchev–Trinajstić information content (AvgIpc) is 2.47. The van der Waals surface area contributed by atoms with Crippen LogP contribution in [-0.2, 0) is 10.0 Å². The van der Waals surface area contributed by atoms with Crippen LogP contribution in [0.4, 0.5) is 0 Å². The van der Waals surface area contributed by atoms with Gasteiger partial charge in [0.15, 0.2) is 0 Å². The molecule has 0 saturated heterocycles. The molecule has 0 amide bonds. The van der Waals surface area contributed by atoms with Gasteiger partial charge in [0.1, 0.15) is 5.75 Å². The smallest absolute Gasteiger partial charge is 0.240 e. The summed E-state index contributed by atoms with van der Waals surface area (Å²) >= 11 is 5.98. The third kappa shape index (κ3) is 5.49. The number of sulfonamides is 1. The van der Waals surface area contributed by atoms with Crippen LogP contribution in [0.5, 0.6) is 5.75 Å². The van der Waals surface area contributed by atoms with Gasteiger partial charge in [0, 0.05) is 6.54 Å². The van der Waals surface area contributed by atoms with Crippen molar-refractivity contribution in [3.63, 3.8) is 0 Å². The molecule has 120 valence electrons. The molecule has 0 unspecified atom stereocenters. The maximum atomic E-state index is 12.3. The molecule has 1 aromatic carbocycles. The first-order chi connectivity index (χ1) is 9.94. The van der Waals surface area contributed by atoms with Gasteiger partial charge in [-0.15, -0.1) is 0 Å². The molecule has 21 heavy (non-hydrogen) atoms. The van der Waals surface area contributed by atoms with Crippen molar-refractivity contribution in [3.8, 4) is 5.75 Å². The number of hydrogen-bond acceptors (Lipinski definition) is 3. The van der Waals surface area contributed by atoms with Crippen LogP contribution in [0.1, 0.15) is 39.5 Å². The number of benzene rings is 1. The second-order valence-electron chi connectivity index (χ2n) is 5.06. The Hall–Kier alpha value is -0.780. The van der Waals surface area contributed by atoms with E-state index in [0.29, 0.717) is 23.2 Å². The van der Waals surface area contributed by atoms with Crippen molar-refractivity contribution < 1.29 is 13.2 Å². The predicted octanol–water partition coefficient (Wildman–Crippen LogP) is 3.84. The zero-order valence-corrected chi connectivity index (χ0v) is 14.4. The molecule has 1 rings (SSSR count). The van der Waals surface area contributed by atoms with E-state index in [0.717, 1.165) is 25.7 Å². The lowest BCUT2D eigenvalue weighted by atomic mass is 10.00. The first-order valence-corrected chi connectivity index (χ1v) is 9.13. The SMILES string of the molecule is CCCC[C@H](CC)CNS(=O)(=O)c1ccc(OC)c(Cl)c1. The largest absolute Gasteiger partial charge is 0.495 e. The summed E-state index contributed by atoms with van der Waals surface area (Å²) in [4.78, 5) is 0.165. The fraction of sp³-hybridized carbons (Fsp3) is 0.600. The first kappa shape index (κ1) is 18.3. The number of halogens is 1. The van der Waals surface area contributed by atoms with Crippen LogP contribution in [0.2, 0.25) is 5.02 Å². The lowest BCUT2D eigenvalue weighted by Crippen LogP contribution is -2.29. The average molecular weight is 334 g/mol. The standard InChI is InChI=1S/C15H24ClNO3S/c1-4-6-7-12(5-2)11-17-21(18,19)13-8-9-15(20-3)14(16)10-13/h8-10,12,17H,4-7,11H2,1-3H3/t12-/m0/s1. The fourth-order valence-corrected chi connectivity index (χ4v) is 3.53. The maximum absolute atomic E-state index is 12.3. The summed E-state index contributed by atoms with van der Waals surface area (Å²) in [5, 5.41) is 0.290. The van der Waals surface area contributed by atoms with Gasteiger partial charge in [-0.05, 0) is 30.5 Å². The number of ether oxygens (including phenoxy) is 1. The highest BCUT2D eigenvalue weighted by molar-refractivity contribution is 7.89. The van der Waals surface area contributed by atoms with Gasteiger partial charge in [0.25, 0.3) is 0 Å². The highest BCUT2D eigenvalue weighted by Gasteiger charge is 2.17. The Morgan fingerprint density at radius 1 is 1.33 bits per heavy atom. The summed E-state index contributed by atoms with van der Waals surface area (Å²) in [5.74, 6) is 0.832. The third-order valence-corrected chi connectivity index (χ3v) is 5.26. The van der Waals surface area contributed by atoms with E-state index in [1.165, 1.54) is 19.2 Å². The van der Waals surface area contributed by atoms with Gasteiger partial charge >= 0.3 is 0 Å². The van der Waals surface area contributed by atoms with E-state index in [9.17, 15) is 8.42 Å². The van der Waals surface area contributed by atoms with Crippen LogP contribution < -0.4 is 9.46 Å². The molecule has 4 nitrogen and oxygen atoms in total. The van der Waals surface area contributed by atoms with Gasteiger partial charge in [-0.1, -0.05) is 44.7 Å². The molecule has 0 bridgehead atoms. The van der Waals surface area contributed by atoms with Gasteiger partial charge in [-0.25, -0.2) is 13.1 Å². The molecule has 0 spiro atoms. The van der Waals surface area contributed by atoms with Crippen molar-refractivity contribution in [2.24, 2.45) is 5.92 Å². The van der Waals surface area contributed by atoms with Crippen LogP contribution in [0.3, 0.4) is 0 Å². The molecule has 1 atom stereocenters. The number of methoxy groups -OCH3 is 1. The Labute approximate surface area is 132 Å². The topological polar surface area (TPSA) is 55.4 Å². The Kier molecular flexibility index (Phi) is 7.49. The van der Waals surface area contributed by atoms with Crippen molar-refractivity contribution in [3.05, 3.63) is 23.2 Å². The summed E-state index contributed by atoms with van der Waals surface area (Å²) < 4.78 is 32.2. The van der Waals surface area contributed by atoms with Gasteiger partial charge in [-0.2, -0.15) is 0 Å². The molecule has 0 heterocycles. The Bertz CT molecular complexity index is 546. The normalized spacial score (nSPS) is 13.1. The lowest BCUT2D eigenvalue weighted by Gasteiger charge is -2.15. The molecular weight excluding hydrogens is 310 g/mol. The van der Waals surface area contributed by atoms with Gasteiger partial charge in [-0.3, -0.25) is 0 Å². The summed E-state index contributed by atoms with van der Waals surface area (Å²) in [5.41, 5.74) is 0. The van der Waals surface area contributed by atoms with Crippen LogP contribution in [-0.4, -0.2) is 22.1 Å². The van der Waals surface area contributed by atoms with E-state index in [-0.39, 0.29) is 4.90 Å². The van der Waals surface area contributed by atoms with Crippen molar-refractivity contribution >= 4 is 21.6 Å². The zero-order chi connectivity index (χ0) is 15.9. The number of unbranched alkanes of at least 4 members (excludes halogenated alkanes) is 1. The summed E-state index contributed by atoms with van der Waals surface area (Å²) in [6.45, 7) is 4.68. The minimum atomic E-state index is -3.53. The van der Waals surface area contributed by atoms with E-state index in [4.69, 9.17) is 16.3 Å². The van der Waals surface area contributed by atoms with Crippen molar-refractivity contribution in [1.82, 2.24) is 4.72 Å². The predicted molar refractivity (Wildman–Crippen MR) is 86.5 cm³/mol. The summed E-state index contributed by atoms with van der Waals surface area (Å²) in [6.07, 6.45) is 4.25. The van der Waals surface area contributed by atoms with Gasteiger partial charge in [0.2, 0.25) is 10.0 Å². The van der Waals surface area contributed by atoms with Crippen LogP contribution in [0.15, 0.2) is 23.1 Å². The minimum Gasteiger partial charge on any atom is -0.495 e. The molecule has 6 heteroatoms. The van der Waals surface area contributed by atoms with E-state index in [1.54, 1.807) is 6.07 Å².